The van der Waals surface area contributed by atoms with E-state index in [0.717, 1.165) is 0 Å². The standard InChI is InChI=1S/C9H21O3P/c1-8(2)6-11-13(5,10)12-7-9(3)4/h8-9H,6-7H2,1-5H3. The van der Waals surface area contributed by atoms with E-state index in [4.69, 9.17) is 9.05 Å². The van der Waals surface area contributed by atoms with Gasteiger partial charge in [0.25, 0.3) is 0 Å². The molecule has 3 nitrogen and oxygen atoms in total. The van der Waals surface area contributed by atoms with Crippen molar-refractivity contribution in [2.24, 2.45) is 11.8 Å². The Kier molecular flexibility index (Phi) is 5.86. The third-order valence-electron chi connectivity index (χ3n) is 1.28. The molecule has 0 aromatic heterocycles. The van der Waals surface area contributed by atoms with E-state index in [1.54, 1.807) is 0 Å². The fourth-order valence-electron chi connectivity index (χ4n) is 0.606. The molecule has 0 aliphatic rings. The first-order valence-corrected chi connectivity index (χ1v) is 6.69. The van der Waals surface area contributed by atoms with Gasteiger partial charge in [-0.25, -0.2) is 0 Å². The van der Waals surface area contributed by atoms with Crippen molar-refractivity contribution in [3.05, 3.63) is 0 Å². The number of hydrogen-bond acceptors (Lipinski definition) is 3. The third kappa shape index (κ3) is 8.48. The Balaban J connectivity index is 3.74. The van der Waals surface area contributed by atoms with E-state index >= 15 is 0 Å². The summed E-state index contributed by atoms with van der Waals surface area (Å²) in [5, 5.41) is 0. The Morgan fingerprint density at radius 2 is 1.31 bits per heavy atom. The Bertz CT molecular complexity index is 162. The molecule has 0 spiro atoms. The summed E-state index contributed by atoms with van der Waals surface area (Å²) in [5.41, 5.74) is 0. The second-order valence-electron chi connectivity index (χ2n) is 4.15. The van der Waals surface area contributed by atoms with Gasteiger partial charge in [-0.2, -0.15) is 0 Å². The van der Waals surface area contributed by atoms with Crippen LogP contribution in [0.15, 0.2) is 0 Å². The van der Waals surface area contributed by atoms with Crippen molar-refractivity contribution < 1.29 is 13.6 Å². The second-order valence-corrected chi connectivity index (χ2v) is 6.21. The van der Waals surface area contributed by atoms with Gasteiger partial charge in [-0.3, -0.25) is 4.57 Å². The van der Waals surface area contributed by atoms with Crippen molar-refractivity contribution in [2.75, 3.05) is 19.9 Å². The molecular weight excluding hydrogens is 187 g/mol. The average molecular weight is 208 g/mol. The summed E-state index contributed by atoms with van der Waals surface area (Å²) in [6.07, 6.45) is 0. The smallest absolute Gasteiger partial charge is 0.308 e. The fraction of sp³-hybridized carbons (Fsp3) is 1.00. The molecule has 80 valence electrons. The molecule has 0 N–H and O–H groups in total. The van der Waals surface area contributed by atoms with Crippen molar-refractivity contribution in [3.63, 3.8) is 0 Å². The van der Waals surface area contributed by atoms with E-state index < -0.39 is 7.60 Å². The van der Waals surface area contributed by atoms with Gasteiger partial charge in [0, 0.05) is 6.66 Å². The summed E-state index contributed by atoms with van der Waals surface area (Å²) in [5.74, 6) is 0.770. The van der Waals surface area contributed by atoms with Crippen LogP contribution < -0.4 is 0 Å². The molecule has 0 bridgehead atoms. The molecule has 0 aliphatic heterocycles. The summed E-state index contributed by atoms with van der Waals surface area (Å²) in [6.45, 7) is 10.6. The molecule has 13 heavy (non-hydrogen) atoms. The average Bonchev–Trinajstić information content (AvgIpc) is 1.98. The van der Waals surface area contributed by atoms with Crippen LogP contribution in [0.4, 0.5) is 0 Å². The van der Waals surface area contributed by atoms with Crippen LogP contribution in [0.2, 0.25) is 0 Å². The van der Waals surface area contributed by atoms with Gasteiger partial charge in [0.1, 0.15) is 0 Å². The molecule has 0 radical (unpaired) electrons. The van der Waals surface area contributed by atoms with Crippen LogP contribution in [-0.4, -0.2) is 19.9 Å². The molecule has 0 saturated heterocycles. The van der Waals surface area contributed by atoms with Crippen LogP contribution >= 0.6 is 7.60 Å². The maximum Gasteiger partial charge on any atom is 0.327 e. The van der Waals surface area contributed by atoms with Crippen molar-refractivity contribution in [2.45, 2.75) is 27.7 Å². The van der Waals surface area contributed by atoms with Crippen molar-refractivity contribution in [1.82, 2.24) is 0 Å². The maximum atomic E-state index is 11.6. The lowest BCUT2D eigenvalue weighted by atomic mass is 10.2. The van der Waals surface area contributed by atoms with E-state index in [2.05, 4.69) is 0 Å². The van der Waals surface area contributed by atoms with E-state index in [1.165, 1.54) is 6.66 Å². The Morgan fingerprint density at radius 1 is 1.00 bits per heavy atom. The summed E-state index contributed by atoms with van der Waals surface area (Å²) >= 11 is 0. The van der Waals surface area contributed by atoms with Crippen molar-refractivity contribution in [1.29, 1.82) is 0 Å². The summed E-state index contributed by atoms with van der Waals surface area (Å²) in [6, 6.07) is 0. The molecule has 0 unspecified atom stereocenters. The van der Waals surface area contributed by atoms with Crippen LogP contribution in [0.3, 0.4) is 0 Å². The van der Waals surface area contributed by atoms with Crippen molar-refractivity contribution in [3.8, 4) is 0 Å². The molecular formula is C9H21O3P. The largest absolute Gasteiger partial charge is 0.327 e. The van der Waals surface area contributed by atoms with Gasteiger partial charge in [-0.15, -0.1) is 0 Å². The third-order valence-corrected chi connectivity index (χ3v) is 2.52. The zero-order valence-electron chi connectivity index (χ0n) is 9.24. The highest BCUT2D eigenvalue weighted by Gasteiger charge is 2.17. The Labute approximate surface area is 81.3 Å². The Morgan fingerprint density at radius 3 is 1.54 bits per heavy atom. The van der Waals surface area contributed by atoms with Gasteiger partial charge in [-0.1, -0.05) is 27.7 Å². The molecule has 4 heteroatoms. The van der Waals surface area contributed by atoms with E-state index in [0.29, 0.717) is 25.0 Å². The highest BCUT2D eigenvalue weighted by atomic mass is 31.2. The Hall–Kier alpha value is 0.150. The van der Waals surface area contributed by atoms with E-state index in [-0.39, 0.29) is 0 Å². The molecule has 0 heterocycles. The minimum absolute atomic E-state index is 0.385. The molecule has 0 aromatic rings. The van der Waals surface area contributed by atoms with Crippen LogP contribution in [0.25, 0.3) is 0 Å². The lowest BCUT2D eigenvalue weighted by Gasteiger charge is -2.16. The molecule has 0 aliphatic carbocycles. The minimum atomic E-state index is -2.80. The summed E-state index contributed by atoms with van der Waals surface area (Å²) < 4.78 is 21.9. The summed E-state index contributed by atoms with van der Waals surface area (Å²) in [4.78, 5) is 0. The topological polar surface area (TPSA) is 35.5 Å². The highest BCUT2D eigenvalue weighted by Crippen LogP contribution is 2.44. The molecule has 0 atom stereocenters. The van der Waals surface area contributed by atoms with E-state index in [9.17, 15) is 4.57 Å². The molecule has 0 amide bonds. The van der Waals surface area contributed by atoms with E-state index in [1.807, 2.05) is 27.7 Å². The number of rotatable bonds is 6. The van der Waals surface area contributed by atoms with Gasteiger partial charge in [-0.05, 0) is 11.8 Å². The van der Waals surface area contributed by atoms with Crippen LogP contribution in [0.5, 0.6) is 0 Å². The predicted octanol–water partition coefficient (Wildman–Crippen LogP) is 3.15. The fourth-order valence-corrected chi connectivity index (χ4v) is 1.82. The van der Waals surface area contributed by atoms with Crippen LogP contribution in [0.1, 0.15) is 27.7 Å². The van der Waals surface area contributed by atoms with Gasteiger partial charge in [0.05, 0.1) is 13.2 Å². The lowest BCUT2D eigenvalue weighted by molar-refractivity contribution is 0.177. The highest BCUT2D eigenvalue weighted by molar-refractivity contribution is 7.52. The first kappa shape index (κ1) is 13.2. The first-order valence-electron chi connectivity index (χ1n) is 4.70. The molecule has 0 saturated carbocycles. The maximum absolute atomic E-state index is 11.6. The lowest BCUT2D eigenvalue weighted by Crippen LogP contribution is -2.05. The van der Waals surface area contributed by atoms with Crippen LogP contribution in [0, 0.1) is 11.8 Å². The van der Waals surface area contributed by atoms with Gasteiger partial charge < -0.3 is 9.05 Å². The SMILES string of the molecule is CC(C)COP(C)(=O)OCC(C)C. The normalized spacial score (nSPS) is 12.8. The molecule has 0 aromatic carbocycles. The minimum Gasteiger partial charge on any atom is -0.308 e. The summed E-state index contributed by atoms with van der Waals surface area (Å²) in [7, 11) is -2.80. The van der Waals surface area contributed by atoms with Crippen LogP contribution in [-0.2, 0) is 13.6 Å². The predicted molar refractivity (Wildman–Crippen MR) is 55.1 cm³/mol. The monoisotopic (exact) mass is 208 g/mol. The van der Waals surface area contributed by atoms with Gasteiger partial charge in [0.2, 0.25) is 0 Å². The quantitative estimate of drug-likeness (QED) is 0.629. The molecule has 0 fully saturated rings. The zero-order chi connectivity index (χ0) is 10.5. The van der Waals surface area contributed by atoms with Gasteiger partial charge in [0.15, 0.2) is 0 Å². The van der Waals surface area contributed by atoms with Crippen molar-refractivity contribution >= 4 is 7.60 Å². The number of hydrogen-bond donors (Lipinski definition) is 0. The molecule has 0 rings (SSSR count). The zero-order valence-corrected chi connectivity index (χ0v) is 10.1. The second kappa shape index (κ2) is 5.79. The van der Waals surface area contributed by atoms with Gasteiger partial charge >= 0.3 is 7.60 Å². The first-order chi connectivity index (χ1) is 5.83.